The zero-order valence-electron chi connectivity index (χ0n) is 11.9. The van der Waals surface area contributed by atoms with E-state index in [1.54, 1.807) is 12.1 Å². The summed E-state index contributed by atoms with van der Waals surface area (Å²) in [6, 6.07) is 14.4. The molecule has 23 heavy (non-hydrogen) atoms. The molecule has 0 bridgehead atoms. The number of benzene rings is 2. The second-order valence-electron chi connectivity index (χ2n) is 5.24. The van der Waals surface area contributed by atoms with Gasteiger partial charge < -0.3 is 5.32 Å². The Hall–Kier alpha value is -2.47. The summed E-state index contributed by atoms with van der Waals surface area (Å²) in [6.45, 7) is 0. The van der Waals surface area contributed by atoms with E-state index in [0.29, 0.717) is 5.95 Å². The van der Waals surface area contributed by atoms with Crippen molar-refractivity contribution < 1.29 is 4.39 Å². The van der Waals surface area contributed by atoms with Gasteiger partial charge in [0, 0.05) is 10.2 Å². The number of nitrogens with zero attached hydrogens (tertiary/aromatic N) is 3. The molecule has 3 aromatic rings. The third kappa shape index (κ3) is 2.66. The van der Waals surface area contributed by atoms with Gasteiger partial charge in [-0.25, -0.2) is 9.07 Å². The minimum atomic E-state index is -0.253. The normalized spacial score (nSPS) is 16.4. The molecular weight excluding hydrogens is 359 g/mol. The van der Waals surface area contributed by atoms with Crippen LogP contribution in [0.3, 0.4) is 0 Å². The van der Waals surface area contributed by atoms with Gasteiger partial charge in [0.2, 0.25) is 5.95 Å². The Kier molecular flexibility index (Phi) is 3.46. The minimum Gasteiger partial charge on any atom is -0.324 e. The molecule has 0 aliphatic carbocycles. The molecule has 4 nitrogen and oxygen atoms in total. The first kappa shape index (κ1) is 14.1. The number of allylic oxidation sites excluding steroid dienone is 1. The van der Waals surface area contributed by atoms with Crippen LogP contribution < -0.4 is 5.32 Å². The third-order valence-corrected chi connectivity index (χ3v) is 4.25. The van der Waals surface area contributed by atoms with Gasteiger partial charge >= 0.3 is 0 Å². The van der Waals surface area contributed by atoms with Crippen LogP contribution in [0.25, 0.3) is 5.70 Å². The van der Waals surface area contributed by atoms with E-state index < -0.39 is 0 Å². The summed E-state index contributed by atoms with van der Waals surface area (Å²) in [6.07, 6.45) is 3.59. The monoisotopic (exact) mass is 370 g/mol. The van der Waals surface area contributed by atoms with Gasteiger partial charge in [-0.15, -0.1) is 0 Å². The van der Waals surface area contributed by atoms with E-state index in [-0.39, 0.29) is 11.9 Å². The van der Waals surface area contributed by atoms with Crippen molar-refractivity contribution in [2.24, 2.45) is 0 Å². The fraction of sp³-hybridized carbons (Fsp3) is 0.0588. The van der Waals surface area contributed by atoms with Crippen molar-refractivity contribution in [3.8, 4) is 0 Å². The van der Waals surface area contributed by atoms with Crippen LogP contribution in [0.5, 0.6) is 0 Å². The molecule has 114 valence electrons. The van der Waals surface area contributed by atoms with Gasteiger partial charge in [0.1, 0.15) is 18.2 Å². The fourth-order valence-electron chi connectivity index (χ4n) is 2.66. The number of anilines is 1. The molecule has 1 N–H and O–H groups in total. The van der Waals surface area contributed by atoms with Crippen molar-refractivity contribution in [3.63, 3.8) is 0 Å². The van der Waals surface area contributed by atoms with Crippen LogP contribution in [0.15, 0.2) is 65.4 Å². The van der Waals surface area contributed by atoms with Gasteiger partial charge in [-0.1, -0.05) is 28.1 Å². The lowest BCUT2D eigenvalue weighted by atomic mass is 10.0. The van der Waals surface area contributed by atoms with E-state index in [4.69, 9.17) is 0 Å². The molecule has 0 fully saturated rings. The first-order valence-corrected chi connectivity index (χ1v) is 7.90. The van der Waals surface area contributed by atoms with Gasteiger partial charge in [0.15, 0.2) is 0 Å². The van der Waals surface area contributed by atoms with E-state index >= 15 is 0 Å². The molecule has 0 radical (unpaired) electrons. The summed E-state index contributed by atoms with van der Waals surface area (Å²) in [4.78, 5) is 4.26. The van der Waals surface area contributed by atoms with Crippen molar-refractivity contribution in [2.45, 2.75) is 6.04 Å². The predicted molar refractivity (Wildman–Crippen MR) is 90.3 cm³/mol. The highest BCUT2D eigenvalue weighted by atomic mass is 79.9. The second kappa shape index (κ2) is 5.62. The van der Waals surface area contributed by atoms with Crippen molar-refractivity contribution in [2.75, 3.05) is 5.32 Å². The molecule has 1 aliphatic heterocycles. The van der Waals surface area contributed by atoms with Crippen molar-refractivity contribution in [1.29, 1.82) is 0 Å². The number of halogens is 2. The molecule has 0 saturated heterocycles. The largest absolute Gasteiger partial charge is 0.324 e. The van der Waals surface area contributed by atoms with Crippen molar-refractivity contribution >= 4 is 27.6 Å². The molecule has 2 heterocycles. The van der Waals surface area contributed by atoms with Crippen LogP contribution in [0.2, 0.25) is 0 Å². The number of hydrogen-bond acceptors (Lipinski definition) is 3. The van der Waals surface area contributed by atoms with Crippen LogP contribution in [-0.2, 0) is 0 Å². The van der Waals surface area contributed by atoms with Crippen LogP contribution in [0.4, 0.5) is 10.3 Å². The number of fused-ring (bicyclic) bond motifs is 1. The van der Waals surface area contributed by atoms with Crippen LogP contribution in [0, 0.1) is 5.82 Å². The lowest BCUT2D eigenvalue weighted by Gasteiger charge is -2.24. The topological polar surface area (TPSA) is 42.7 Å². The van der Waals surface area contributed by atoms with E-state index in [1.807, 2.05) is 22.9 Å². The smallest absolute Gasteiger partial charge is 0.226 e. The van der Waals surface area contributed by atoms with E-state index in [0.717, 1.165) is 21.3 Å². The molecule has 6 heteroatoms. The second-order valence-corrected chi connectivity index (χ2v) is 6.16. The van der Waals surface area contributed by atoms with Gasteiger partial charge in [-0.2, -0.15) is 10.1 Å². The highest BCUT2D eigenvalue weighted by Crippen LogP contribution is 2.32. The lowest BCUT2D eigenvalue weighted by Crippen LogP contribution is -2.20. The predicted octanol–water partition coefficient (Wildman–Crippen LogP) is 4.24. The molecule has 0 amide bonds. The van der Waals surface area contributed by atoms with E-state index in [9.17, 15) is 4.39 Å². The van der Waals surface area contributed by atoms with Gasteiger partial charge in [0.25, 0.3) is 0 Å². The summed E-state index contributed by atoms with van der Waals surface area (Å²) in [7, 11) is 0. The average Bonchev–Trinajstić information content (AvgIpc) is 3.03. The summed E-state index contributed by atoms with van der Waals surface area (Å²) in [5.74, 6) is 0.411. The molecule has 0 spiro atoms. The Labute approximate surface area is 140 Å². The maximum atomic E-state index is 13.2. The quantitative estimate of drug-likeness (QED) is 0.733. The van der Waals surface area contributed by atoms with Crippen LogP contribution in [0.1, 0.15) is 17.2 Å². The maximum Gasteiger partial charge on any atom is 0.226 e. The maximum absolute atomic E-state index is 13.2. The fourth-order valence-corrected chi connectivity index (χ4v) is 3.08. The van der Waals surface area contributed by atoms with E-state index in [2.05, 4.69) is 43.5 Å². The van der Waals surface area contributed by atoms with Gasteiger partial charge in [-0.05, 0) is 53.6 Å². The zero-order valence-corrected chi connectivity index (χ0v) is 13.5. The standard InChI is InChI=1S/C17H12BrFN4/c18-13-3-1-2-12(8-13)16-9-15(11-4-6-14(19)7-5-11)22-17-20-10-21-23(16)17/h1-10,16H,(H,20,21,22)/t16-/m1/s1. The number of nitrogens with one attached hydrogen (secondary N) is 1. The van der Waals surface area contributed by atoms with Crippen molar-refractivity contribution in [1.82, 2.24) is 14.8 Å². The molecule has 1 aromatic heterocycles. The van der Waals surface area contributed by atoms with Gasteiger partial charge in [0.05, 0.1) is 0 Å². The van der Waals surface area contributed by atoms with E-state index in [1.165, 1.54) is 18.5 Å². The first-order chi connectivity index (χ1) is 11.2. The summed E-state index contributed by atoms with van der Waals surface area (Å²) in [5, 5.41) is 7.55. The average molecular weight is 371 g/mol. The molecule has 1 atom stereocenters. The SMILES string of the molecule is Fc1ccc(C2=C[C@H](c3cccc(Br)c3)n3ncnc3N2)cc1. The number of hydrogen-bond donors (Lipinski definition) is 1. The van der Waals surface area contributed by atoms with Crippen LogP contribution >= 0.6 is 15.9 Å². The summed E-state index contributed by atoms with van der Waals surface area (Å²) in [5.41, 5.74) is 2.88. The minimum absolute atomic E-state index is 0.0775. The molecule has 1 aliphatic rings. The third-order valence-electron chi connectivity index (χ3n) is 3.75. The summed E-state index contributed by atoms with van der Waals surface area (Å²) < 4.78 is 16.0. The molecular formula is C17H12BrFN4. The van der Waals surface area contributed by atoms with Crippen LogP contribution in [-0.4, -0.2) is 14.8 Å². The highest BCUT2D eigenvalue weighted by Gasteiger charge is 2.23. The Morgan fingerprint density at radius 3 is 2.74 bits per heavy atom. The molecule has 0 saturated carbocycles. The Balaban J connectivity index is 1.81. The van der Waals surface area contributed by atoms with Gasteiger partial charge in [-0.3, -0.25) is 0 Å². The highest BCUT2D eigenvalue weighted by molar-refractivity contribution is 9.10. The van der Waals surface area contributed by atoms with Crippen molar-refractivity contribution in [3.05, 3.63) is 82.4 Å². The lowest BCUT2D eigenvalue weighted by molar-refractivity contribution is 0.611. The first-order valence-electron chi connectivity index (χ1n) is 7.10. The molecule has 4 rings (SSSR count). The number of aromatic nitrogens is 3. The number of rotatable bonds is 2. The Bertz CT molecular complexity index is 886. The Morgan fingerprint density at radius 2 is 1.96 bits per heavy atom. The molecule has 0 unspecified atom stereocenters. The molecule has 2 aromatic carbocycles. The summed E-state index contributed by atoms with van der Waals surface area (Å²) >= 11 is 3.50. The zero-order chi connectivity index (χ0) is 15.8. The Morgan fingerprint density at radius 1 is 1.13 bits per heavy atom.